The number of amides is 1. The van der Waals surface area contributed by atoms with Gasteiger partial charge in [-0.1, -0.05) is 36.8 Å². The van der Waals surface area contributed by atoms with E-state index >= 15 is 0 Å². The molecule has 3 aromatic rings. The van der Waals surface area contributed by atoms with E-state index in [0.29, 0.717) is 21.6 Å². The minimum atomic E-state index is -0.157. The summed E-state index contributed by atoms with van der Waals surface area (Å²) >= 11 is 7.66. The Morgan fingerprint density at radius 1 is 1.26 bits per heavy atom. The summed E-state index contributed by atoms with van der Waals surface area (Å²) < 4.78 is 0. The van der Waals surface area contributed by atoms with Crippen LogP contribution in [-0.2, 0) is 12.8 Å². The number of nitrogens with zero attached hydrogens (tertiary/aromatic N) is 3. The first kappa shape index (κ1) is 18.3. The number of anilines is 1. The largest absolute Gasteiger partial charge is 0.296 e. The first-order chi connectivity index (χ1) is 13.1. The maximum atomic E-state index is 13.2. The molecule has 0 saturated carbocycles. The Bertz CT molecular complexity index is 1010. The number of halogens is 1. The maximum absolute atomic E-state index is 13.2. The van der Waals surface area contributed by atoms with Gasteiger partial charge >= 0.3 is 0 Å². The molecule has 0 bridgehead atoms. The van der Waals surface area contributed by atoms with Crippen LogP contribution in [0.3, 0.4) is 0 Å². The summed E-state index contributed by atoms with van der Waals surface area (Å²) in [5.74, 6) is 0.230. The van der Waals surface area contributed by atoms with Crippen molar-refractivity contribution in [2.24, 2.45) is 0 Å². The number of rotatable bonds is 5. The summed E-state index contributed by atoms with van der Waals surface area (Å²) in [5.41, 5.74) is 3.53. The topological polar surface area (TPSA) is 67.8 Å². The van der Waals surface area contributed by atoms with Gasteiger partial charge in [0.2, 0.25) is 5.13 Å². The van der Waals surface area contributed by atoms with E-state index < -0.39 is 0 Å². The Kier molecular flexibility index (Phi) is 5.10. The average Bonchev–Trinajstić information content (AvgIpc) is 3.30. The van der Waals surface area contributed by atoms with Gasteiger partial charge in [-0.25, -0.2) is 0 Å². The van der Waals surface area contributed by atoms with Crippen molar-refractivity contribution < 1.29 is 4.79 Å². The molecule has 0 spiro atoms. The molecule has 140 valence electrons. The Morgan fingerprint density at radius 3 is 2.85 bits per heavy atom. The second-order valence-electron chi connectivity index (χ2n) is 6.84. The Morgan fingerprint density at radius 2 is 2.07 bits per heavy atom. The molecule has 5 nitrogen and oxygen atoms in total. The van der Waals surface area contributed by atoms with E-state index in [9.17, 15) is 4.79 Å². The molecule has 2 aromatic heterocycles. The molecule has 0 atom stereocenters. The maximum Gasteiger partial charge on any atom is 0.258 e. The summed E-state index contributed by atoms with van der Waals surface area (Å²) in [7, 11) is 0. The van der Waals surface area contributed by atoms with Crippen molar-refractivity contribution in [1.82, 2.24) is 15.2 Å². The van der Waals surface area contributed by atoms with Gasteiger partial charge in [0.15, 0.2) is 0 Å². The molecule has 1 aromatic carbocycles. The summed E-state index contributed by atoms with van der Waals surface area (Å²) in [4.78, 5) is 17.9. The predicted molar refractivity (Wildman–Crippen MR) is 110 cm³/mol. The first-order valence-electron chi connectivity index (χ1n) is 9.36. The second-order valence-corrected chi connectivity index (χ2v) is 8.29. The van der Waals surface area contributed by atoms with Crippen LogP contribution in [0.1, 0.15) is 65.7 Å². The second kappa shape index (κ2) is 7.52. The van der Waals surface area contributed by atoms with Crippen LogP contribution >= 0.6 is 22.9 Å². The molecular formula is C20H21ClN4OS. The Hall–Kier alpha value is -2.05. The number of benzene rings is 1. The molecule has 0 radical (unpaired) electrons. The molecular weight excluding hydrogens is 380 g/mol. The highest BCUT2D eigenvalue weighted by atomic mass is 35.5. The number of hydrogen-bond donors (Lipinski definition) is 1. The van der Waals surface area contributed by atoms with Gasteiger partial charge in [0.05, 0.1) is 11.1 Å². The quantitative estimate of drug-likeness (QED) is 0.623. The van der Waals surface area contributed by atoms with E-state index in [1.54, 1.807) is 0 Å². The number of hydrogen-bond acceptors (Lipinski definition) is 5. The number of aromatic nitrogens is 3. The highest BCUT2D eigenvalue weighted by Crippen LogP contribution is 2.33. The molecule has 0 fully saturated rings. The van der Waals surface area contributed by atoms with Crippen LogP contribution in [0.4, 0.5) is 5.13 Å². The van der Waals surface area contributed by atoms with Crippen LogP contribution in [0.15, 0.2) is 18.2 Å². The third-order valence-corrected chi connectivity index (χ3v) is 6.43. The number of pyridine rings is 1. The smallest absolute Gasteiger partial charge is 0.258 e. The Balaban J connectivity index is 1.72. The molecule has 0 unspecified atom stereocenters. The van der Waals surface area contributed by atoms with E-state index in [1.165, 1.54) is 11.3 Å². The molecule has 1 N–H and O–H groups in total. The first-order valence-corrected chi connectivity index (χ1v) is 10.6. The van der Waals surface area contributed by atoms with E-state index in [0.717, 1.165) is 59.3 Å². The molecule has 7 heteroatoms. The third kappa shape index (κ3) is 3.44. The zero-order valence-corrected chi connectivity index (χ0v) is 17.0. The molecule has 1 aliphatic rings. The number of nitrogens with one attached hydrogen (secondary N) is 1. The predicted octanol–water partition coefficient (Wildman–Crippen LogP) is 5.38. The van der Waals surface area contributed by atoms with Crippen molar-refractivity contribution in [3.63, 3.8) is 0 Å². The average molecular weight is 401 g/mol. The SMILES string of the molecule is CCC(CC)c1nnc(NC(=O)c2c3c(nc4ccc(Cl)cc24)CCC3)s1. The molecule has 2 heterocycles. The molecule has 1 aliphatic carbocycles. The lowest BCUT2D eigenvalue weighted by Crippen LogP contribution is -2.15. The lowest BCUT2D eigenvalue weighted by atomic mass is 10.0. The van der Waals surface area contributed by atoms with Crippen molar-refractivity contribution in [2.45, 2.75) is 51.9 Å². The van der Waals surface area contributed by atoms with Gasteiger partial charge < -0.3 is 0 Å². The number of fused-ring (bicyclic) bond motifs is 2. The summed E-state index contributed by atoms with van der Waals surface area (Å²) in [6.07, 6.45) is 4.82. The standard InChI is InChI=1S/C20H21ClN4OS/c1-3-11(4-2)19-24-25-20(27-19)23-18(26)17-13-6-5-7-15(13)22-16-9-8-12(21)10-14(16)17/h8-11H,3-7H2,1-2H3,(H,23,25,26). The van der Waals surface area contributed by atoms with Crippen molar-refractivity contribution in [1.29, 1.82) is 0 Å². The van der Waals surface area contributed by atoms with Crippen LogP contribution < -0.4 is 5.32 Å². The zero-order valence-electron chi connectivity index (χ0n) is 15.4. The van der Waals surface area contributed by atoms with E-state index in [1.807, 2.05) is 18.2 Å². The fourth-order valence-electron chi connectivity index (χ4n) is 3.74. The van der Waals surface area contributed by atoms with Crippen molar-refractivity contribution in [2.75, 3.05) is 5.32 Å². The molecule has 0 aliphatic heterocycles. The lowest BCUT2D eigenvalue weighted by Gasteiger charge is -2.12. The molecule has 0 saturated heterocycles. The van der Waals surface area contributed by atoms with Crippen LogP contribution in [0, 0.1) is 0 Å². The highest BCUT2D eigenvalue weighted by molar-refractivity contribution is 7.15. The summed E-state index contributed by atoms with van der Waals surface area (Å²) in [6, 6.07) is 5.52. The minimum Gasteiger partial charge on any atom is -0.296 e. The fraction of sp³-hybridized carbons (Fsp3) is 0.400. The minimum absolute atomic E-state index is 0.157. The zero-order chi connectivity index (χ0) is 19.0. The summed E-state index contributed by atoms with van der Waals surface area (Å²) in [5, 5.41) is 14.3. The van der Waals surface area contributed by atoms with Crippen molar-refractivity contribution >= 4 is 44.9 Å². The molecule has 27 heavy (non-hydrogen) atoms. The normalized spacial score (nSPS) is 13.3. The Labute approximate surface area is 167 Å². The van der Waals surface area contributed by atoms with Crippen molar-refractivity contribution in [3.05, 3.63) is 45.1 Å². The third-order valence-electron chi connectivity index (χ3n) is 5.20. The van der Waals surface area contributed by atoms with Gasteiger partial charge in [0, 0.05) is 22.0 Å². The van der Waals surface area contributed by atoms with Gasteiger partial charge in [-0.15, -0.1) is 10.2 Å². The molecule has 1 amide bonds. The van der Waals surface area contributed by atoms with Crippen molar-refractivity contribution in [3.8, 4) is 0 Å². The van der Waals surface area contributed by atoms with Gasteiger partial charge in [0.25, 0.3) is 5.91 Å². The van der Waals surface area contributed by atoms with E-state index in [4.69, 9.17) is 16.6 Å². The number of carbonyl (C=O) groups excluding carboxylic acids is 1. The highest BCUT2D eigenvalue weighted by Gasteiger charge is 2.25. The fourth-order valence-corrected chi connectivity index (χ4v) is 4.92. The lowest BCUT2D eigenvalue weighted by molar-refractivity contribution is 0.102. The van der Waals surface area contributed by atoms with Gasteiger partial charge in [-0.3, -0.25) is 15.1 Å². The number of aryl methyl sites for hydroxylation is 1. The van der Waals surface area contributed by atoms with Gasteiger partial charge in [0.1, 0.15) is 5.01 Å². The van der Waals surface area contributed by atoms with E-state index in [2.05, 4.69) is 29.4 Å². The number of carbonyl (C=O) groups is 1. The van der Waals surface area contributed by atoms with Crippen LogP contribution in [-0.4, -0.2) is 21.1 Å². The molecule has 4 rings (SSSR count). The summed E-state index contributed by atoms with van der Waals surface area (Å²) in [6.45, 7) is 4.29. The monoisotopic (exact) mass is 400 g/mol. The van der Waals surface area contributed by atoms with Crippen LogP contribution in [0.5, 0.6) is 0 Å². The van der Waals surface area contributed by atoms with Crippen LogP contribution in [0.2, 0.25) is 5.02 Å². The van der Waals surface area contributed by atoms with Gasteiger partial charge in [-0.2, -0.15) is 0 Å². The van der Waals surface area contributed by atoms with Gasteiger partial charge in [-0.05, 0) is 55.9 Å². The van der Waals surface area contributed by atoms with E-state index in [-0.39, 0.29) is 5.91 Å². The van der Waals surface area contributed by atoms with Crippen LogP contribution in [0.25, 0.3) is 10.9 Å².